The third-order valence-corrected chi connectivity index (χ3v) is 6.71. The highest BCUT2D eigenvalue weighted by Crippen LogP contribution is 2.30. The molecule has 0 aliphatic carbocycles. The van der Waals surface area contributed by atoms with Gasteiger partial charge in [0, 0.05) is 21.3 Å². The first-order chi connectivity index (χ1) is 17.1. The molecule has 2 atom stereocenters. The van der Waals surface area contributed by atoms with Gasteiger partial charge < -0.3 is 10.6 Å². The molecule has 1 aliphatic rings. The molecule has 0 fully saturated rings. The first-order valence-electron chi connectivity index (χ1n) is 11.2. The van der Waals surface area contributed by atoms with E-state index in [0.29, 0.717) is 16.3 Å². The van der Waals surface area contributed by atoms with Crippen molar-refractivity contribution in [2.75, 3.05) is 5.32 Å². The number of aryl methyl sites for hydroxylation is 2. The molecule has 1 aliphatic heterocycles. The number of anilines is 1. The Morgan fingerprint density at radius 3 is 1.97 bits per heavy atom. The number of carbonyl (C=O) groups excluding carboxylic acids is 4. The monoisotopic (exact) mass is 523 g/mol. The Bertz CT molecular complexity index is 1350. The van der Waals surface area contributed by atoms with E-state index in [4.69, 9.17) is 23.2 Å². The lowest BCUT2D eigenvalue weighted by Crippen LogP contribution is -2.50. The van der Waals surface area contributed by atoms with Crippen LogP contribution in [0.5, 0.6) is 0 Å². The van der Waals surface area contributed by atoms with Crippen molar-refractivity contribution in [1.29, 1.82) is 0 Å². The van der Waals surface area contributed by atoms with Crippen molar-refractivity contribution in [3.63, 3.8) is 0 Å². The zero-order valence-electron chi connectivity index (χ0n) is 19.8. The van der Waals surface area contributed by atoms with Gasteiger partial charge in [0.25, 0.3) is 17.7 Å². The van der Waals surface area contributed by atoms with Gasteiger partial charge >= 0.3 is 0 Å². The molecule has 9 heteroatoms. The summed E-state index contributed by atoms with van der Waals surface area (Å²) < 4.78 is 0. The molecule has 7 nitrogen and oxygen atoms in total. The normalized spacial score (nSPS) is 14.3. The van der Waals surface area contributed by atoms with Gasteiger partial charge in [-0.25, -0.2) is 0 Å². The number of nitrogens with zero attached hydrogens (tertiary/aromatic N) is 1. The maximum atomic E-state index is 13.5. The van der Waals surface area contributed by atoms with E-state index in [1.54, 1.807) is 24.3 Å². The fraction of sp³-hybridized carbons (Fsp3) is 0.185. The van der Waals surface area contributed by atoms with Gasteiger partial charge in [0.05, 0.1) is 11.1 Å². The highest BCUT2D eigenvalue weighted by molar-refractivity contribution is 6.35. The van der Waals surface area contributed by atoms with Crippen LogP contribution < -0.4 is 10.6 Å². The molecule has 0 bridgehead atoms. The quantitative estimate of drug-likeness (QED) is 0.439. The summed E-state index contributed by atoms with van der Waals surface area (Å²) in [7, 11) is 0. The largest absolute Gasteiger partial charge is 0.339 e. The molecule has 1 heterocycles. The fourth-order valence-electron chi connectivity index (χ4n) is 4.17. The Morgan fingerprint density at radius 1 is 0.833 bits per heavy atom. The van der Waals surface area contributed by atoms with E-state index in [2.05, 4.69) is 10.6 Å². The van der Waals surface area contributed by atoms with Gasteiger partial charge in [-0.2, -0.15) is 0 Å². The molecule has 36 heavy (non-hydrogen) atoms. The van der Waals surface area contributed by atoms with Crippen LogP contribution in [0.1, 0.15) is 50.4 Å². The second kappa shape index (κ2) is 10.1. The summed E-state index contributed by atoms with van der Waals surface area (Å²) in [5, 5.41) is 6.09. The van der Waals surface area contributed by atoms with Crippen LogP contribution in [-0.4, -0.2) is 34.6 Å². The molecule has 4 amide bonds. The van der Waals surface area contributed by atoms with E-state index < -0.39 is 35.7 Å². The molecular weight excluding hydrogens is 501 g/mol. The Morgan fingerprint density at radius 2 is 1.42 bits per heavy atom. The zero-order chi connectivity index (χ0) is 26.1. The van der Waals surface area contributed by atoms with Crippen LogP contribution in [0.2, 0.25) is 10.0 Å². The third-order valence-electron chi connectivity index (χ3n) is 6.14. The summed E-state index contributed by atoms with van der Waals surface area (Å²) >= 11 is 12.4. The highest BCUT2D eigenvalue weighted by atomic mass is 35.5. The van der Waals surface area contributed by atoms with Crippen LogP contribution in [0, 0.1) is 13.8 Å². The molecule has 0 aromatic heterocycles. The summed E-state index contributed by atoms with van der Waals surface area (Å²) in [6.45, 7) is 5.15. The maximum Gasteiger partial charge on any atom is 0.262 e. The van der Waals surface area contributed by atoms with E-state index in [0.717, 1.165) is 16.0 Å². The third kappa shape index (κ3) is 4.72. The molecule has 0 unspecified atom stereocenters. The number of halogens is 2. The second-order valence-electron chi connectivity index (χ2n) is 8.57. The van der Waals surface area contributed by atoms with E-state index in [1.807, 2.05) is 32.0 Å². The Kier molecular flexibility index (Phi) is 7.15. The fourth-order valence-corrected chi connectivity index (χ4v) is 4.68. The Hall–Kier alpha value is -3.68. The van der Waals surface area contributed by atoms with Crippen molar-refractivity contribution < 1.29 is 19.2 Å². The first-order valence-corrected chi connectivity index (χ1v) is 11.9. The van der Waals surface area contributed by atoms with Gasteiger partial charge in [-0.05, 0) is 56.2 Å². The minimum absolute atomic E-state index is 0.179. The summed E-state index contributed by atoms with van der Waals surface area (Å²) in [5.74, 6) is -2.38. The van der Waals surface area contributed by atoms with Crippen LogP contribution in [-0.2, 0) is 9.59 Å². The number of imide groups is 1. The number of hydrogen-bond acceptors (Lipinski definition) is 4. The van der Waals surface area contributed by atoms with Gasteiger partial charge in [0.1, 0.15) is 12.1 Å². The summed E-state index contributed by atoms with van der Waals surface area (Å²) in [4.78, 5) is 53.4. The molecule has 0 spiro atoms. The molecule has 184 valence electrons. The van der Waals surface area contributed by atoms with Crippen molar-refractivity contribution >= 4 is 52.5 Å². The molecule has 3 aromatic carbocycles. The molecule has 0 radical (unpaired) electrons. The number of amides is 4. The van der Waals surface area contributed by atoms with Crippen molar-refractivity contribution in [2.24, 2.45) is 0 Å². The van der Waals surface area contributed by atoms with E-state index in [1.165, 1.54) is 25.1 Å². The van der Waals surface area contributed by atoms with Gasteiger partial charge in [-0.3, -0.25) is 24.1 Å². The number of carbonyl (C=O) groups is 4. The minimum atomic E-state index is -1.22. The van der Waals surface area contributed by atoms with Gasteiger partial charge in [0.15, 0.2) is 0 Å². The predicted octanol–water partition coefficient (Wildman–Crippen LogP) is 5.09. The standard InChI is InChI=1S/C27H23Cl2N3O4/c1-14-7-6-8-15(2)22(14)30-25(34)23(20-12-11-17(28)13-21(20)29)31-24(33)16(3)32-26(35)18-9-4-5-10-19(18)27(32)36/h4-13,16,23H,1-3H3,(H,30,34)(H,31,33)/t16-,23+/m0/s1. The van der Waals surface area contributed by atoms with Crippen molar-refractivity contribution in [1.82, 2.24) is 10.2 Å². The molecule has 0 saturated heterocycles. The van der Waals surface area contributed by atoms with Crippen LogP contribution >= 0.6 is 23.2 Å². The molecule has 3 aromatic rings. The summed E-state index contributed by atoms with van der Waals surface area (Å²) in [6.07, 6.45) is 0. The SMILES string of the molecule is Cc1cccc(C)c1NC(=O)[C@H](NC(=O)[C@H](C)N1C(=O)c2ccccc2C1=O)c1ccc(Cl)cc1Cl. The lowest BCUT2D eigenvalue weighted by atomic mass is 10.0. The Balaban J connectivity index is 1.64. The summed E-state index contributed by atoms with van der Waals surface area (Å²) in [5.41, 5.74) is 3.07. The number of hydrogen-bond donors (Lipinski definition) is 2. The average molecular weight is 524 g/mol. The van der Waals surface area contributed by atoms with Gasteiger partial charge in [-0.1, -0.05) is 59.6 Å². The van der Waals surface area contributed by atoms with Crippen LogP contribution in [0.25, 0.3) is 0 Å². The molecule has 0 saturated carbocycles. The molecule has 4 rings (SSSR count). The van der Waals surface area contributed by atoms with Crippen LogP contribution in [0.15, 0.2) is 60.7 Å². The zero-order valence-corrected chi connectivity index (χ0v) is 21.3. The maximum absolute atomic E-state index is 13.5. The highest BCUT2D eigenvalue weighted by Gasteiger charge is 2.41. The lowest BCUT2D eigenvalue weighted by molar-refractivity contribution is -0.129. The Labute approximate surface area is 218 Å². The van der Waals surface area contributed by atoms with E-state index in [9.17, 15) is 19.2 Å². The number of rotatable bonds is 6. The minimum Gasteiger partial charge on any atom is -0.339 e. The molecular formula is C27H23Cl2N3O4. The topological polar surface area (TPSA) is 95.6 Å². The van der Waals surface area contributed by atoms with Gasteiger partial charge in [-0.15, -0.1) is 0 Å². The van der Waals surface area contributed by atoms with Crippen LogP contribution in [0.4, 0.5) is 5.69 Å². The number of fused-ring (bicyclic) bond motifs is 1. The van der Waals surface area contributed by atoms with Gasteiger partial charge in [0.2, 0.25) is 5.91 Å². The van der Waals surface area contributed by atoms with E-state index in [-0.39, 0.29) is 16.1 Å². The number of benzene rings is 3. The van der Waals surface area contributed by atoms with Crippen molar-refractivity contribution in [3.05, 3.63) is 98.5 Å². The van der Waals surface area contributed by atoms with Crippen molar-refractivity contribution in [2.45, 2.75) is 32.9 Å². The second-order valence-corrected chi connectivity index (χ2v) is 9.41. The van der Waals surface area contributed by atoms with E-state index >= 15 is 0 Å². The first kappa shape index (κ1) is 25.4. The van der Waals surface area contributed by atoms with Crippen molar-refractivity contribution in [3.8, 4) is 0 Å². The smallest absolute Gasteiger partial charge is 0.262 e. The average Bonchev–Trinajstić information content (AvgIpc) is 3.09. The number of para-hydroxylation sites is 1. The molecule has 2 N–H and O–H groups in total. The van der Waals surface area contributed by atoms with Crippen LogP contribution in [0.3, 0.4) is 0 Å². The number of nitrogens with one attached hydrogen (secondary N) is 2. The predicted molar refractivity (Wildman–Crippen MR) is 138 cm³/mol. The lowest BCUT2D eigenvalue weighted by Gasteiger charge is -2.26. The summed E-state index contributed by atoms with van der Waals surface area (Å²) in [6, 6.07) is 14.1.